The van der Waals surface area contributed by atoms with Crippen molar-refractivity contribution in [3.8, 4) is 11.5 Å². The van der Waals surface area contributed by atoms with E-state index in [4.69, 9.17) is 19.0 Å². The number of hydrogen-bond acceptors (Lipinski definition) is 5. The number of aliphatic hydroxyl groups is 1. The molecule has 0 unspecified atom stereocenters. The van der Waals surface area contributed by atoms with Crippen molar-refractivity contribution in [1.82, 2.24) is 0 Å². The third-order valence-electron chi connectivity index (χ3n) is 2.95. The van der Waals surface area contributed by atoms with Gasteiger partial charge in [-0.25, -0.2) is 4.79 Å². The molecule has 1 aromatic carbocycles. The van der Waals surface area contributed by atoms with Crippen LogP contribution in [0.3, 0.4) is 0 Å². The molecule has 0 fully saturated rings. The van der Waals surface area contributed by atoms with Crippen LogP contribution in [-0.2, 0) is 0 Å². The van der Waals surface area contributed by atoms with Gasteiger partial charge in [-0.2, -0.15) is 0 Å². The van der Waals surface area contributed by atoms with Gasteiger partial charge in [0.1, 0.15) is 6.61 Å². The second kappa shape index (κ2) is 4.03. The average Bonchev–Trinajstić information content (AvgIpc) is 2.37. The first-order valence-corrected chi connectivity index (χ1v) is 5.67. The van der Waals surface area contributed by atoms with Gasteiger partial charge in [-0.3, -0.25) is 0 Å². The number of benzene rings is 1. The number of rotatable bonds is 1. The number of ether oxygens (including phenoxy) is 2. The van der Waals surface area contributed by atoms with Crippen LogP contribution < -0.4 is 15.1 Å². The molecule has 0 saturated carbocycles. The monoisotopic (exact) mass is 248 g/mol. The van der Waals surface area contributed by atoms with Crippen molar-refractivity contribution in [2.75, 3.05) is 13.2 Å². The predicted octanol–water partition coefficient (Wildman–Crippen LogP) is 1.23. The average molecular weight is 248 g/mol. The van der Waals surface area contributed by atoms with Gasteiger partial charge in [-0.1, -0.05) is 0 Å². The molecule has 1 N–H and O–H groups in total. The zero-order valence-corrected chi connectivity index (χ0v) is 9.80. The lowest BCUT2D eigenvalue weighted by Crippen LogP contribution is -2.32. The lowest BCUT2D eigenvalue weighted by molar-refractivity contribution is 0.0461. The fraction of sp³-hybridized carbons (Fsp3) is 0.308. The molecule has 18 heavy (non-hydrogen) atoms. The van der Waals surface area contributed by atoms with E-state index in [1.807, 2.05) is 13.0 Å². The first-order valence-electron chi connectivity index (χ1n) is 5.67. The molecular weight excluding hydrogens is 236 g/mol. The number of aryl methyl sites for hydroxylation is 1. The zero-order chi connectivity index (χ0) is 12.7. The van der Waals surface area contributed by atoms with Crippen molar-refractivity contribution in [3.05, 3.63) is 34.2 Å². The third-order valence-corrected chi connectivity index (χ3v) is 2.95. The SMILES string of the molecule is Cc1cc(=O)oc2c3c(ccc12)OC[C@H](CO)O3. The standard InChI is InChI=1S/C13H12O5/c1-7-4-11(15)18-12-9(7)2-3-10-13(12)17-8(5-14)6-16-10/h2-4,8,14H,5-6H2,1H3/t8-/m0/s1. The fourth-order valence-corrected chi connectivity index (χ4v) is 2.04. The summed E-state index contributed by atoms with van der Waals surface area (Å²) in [6.07, 6.45) is -0.436. The minimum Gasteiger partial charge on any atom is -0.486 e. The van der Waals surface area contributed by atoms with Crippen LogP contribution in [0.15, 0.2) is 27.4 Å². The highest BCUT2D eigenvalue weighted by Gasteiger charge is 2.24. The Labute approximate surface area is 103 Å². The van der Waals surface area contributed by atoms with E-state index in [2.05, 4.69) is 0 Å². The van der Waals surface area contributed by atoms with E-state index in [0.717, 1.165) is 10.9 Å². The van der Waals surface area contributed by atoms with Crippen molar-refractivity contribution in [1.29, 1.82) is 0 Å². The molecule has 1 aliphatic rings. The summed E-state index contributed by atoms with van der Waals surface area (Å²) in [6, 6.07) is 5.04. The minimum absolute atomic E-state index is 0.147. The quantitative estimate of drug-likeness (QED) is 0.769. The van der Waals surface area contributed by atoms with Crippen LogP contribution in [0.4, 0.5) is 0 Å². The van der Waals surface area contributed by atoms with E-state index in [0.29, 0.717) is 17.1 Å². The van der Waals surface area contributed by atoms with Crippen LogP contribution in [0.25, 0.3) is 11.0 Å². The zero-order valence-electron chi connectivity index (χ0n) is 9.80. The molecule has 0 radical (unpaired) electrons. The van der Waals surface area contributed by atoms with E-state index in [9.17, 15) is 4.79 Å². The Balaban J connectivity index is 2.28. The van der Waals surface area contributed by atoms with Crippen LogP contribution in [0, 0.1) is 6.92 Å². The molecule has 2 aromatic rings. The Kier molecular flexibility index (Phi) is 2.48. The molecule has 1 atom stereocenters. The maximum atomic E-state index is 11.4. The van der Waals surface area contributed by atoms with Gasteiger partial charge in [0.15, 0.2) is 17.4 Å². The van der Waals surface area contributed by atoms with Gasteiger partial charge < -0.3 is 19.0 Å². The van der Waals surface area contributed by atoms with Gasteiger partial charge in [-0.05, 0) is 24.6 Å². The summed E-state index contributed by atoms with van der Waals surface area (Å²) in [5, 5.41) is 9.90. The van der Waals surface area contributed by atoms with Gasteiger partial charge >= 0.3 is 5.63 Å². The van der Waals surface area contributed by atoms with E-state index >= 15 is 0 Å². The fourth-order valence-electron chi connectivity index (χ4n) is 2.04. The maximum absolute atomic E-state index is 11.4. The molecule has 0 aliphatic carbocycles. The molecule has 0 spiro atoms. The van der Waals surface area contributed by atoms with Crippen LogP contribution in [0.2, 0.25) is 0 Å². The normalized spacial score (nSPS) is 18.0. The summed E-state index contributed by atoms with van der Waals surface area (Å²) >= 11 is 0. The second-order valence-electron chi connectivity index (χ2n) is 4.25. The van der Waals surface area contributed by atoms with E-state index < -0.39 is 11.7 Å². The maximum Gasteiger partial charge on any atom is 0.336 e. The molecule has 5 heteroatoms. The topological polar surface area (TPSA) is 68.9 Å². The summed E-state index contributed by atoms with van der Waals surface area (Å²) in [5.74, 6) is 0.916. The Bertz CT molecular complexity index is 658. The summed E-state index contributed by atoms with van der Waals surface area (Å²) in [6.45, 7) is 1.97. The number of hydrogen-bond donors (Lipinski definition) is 1. The van der Waals surface area contributed by atoms with E-state index in [1.165, 1.54) is 6.07 Å². The van der Waals surface area contributed by atoms with Gasteiger partial charge in [0, 0.05) is 11.5 Å². The summed E-state index contributed by atoms with van der Waals surface area (Å²) in [7, 11) is 0. The highest BCUT2D eigenvalue weighted by Crippen LogP contribution is 2.38. The van der Waals surface area contributed by atoms with Crippen molar-refractivity contribution in [3.63, 3.8) is 0 Å². The summed E-state index contributed by atoms with van der Waals surface area (Å²) in [5.41, 5.74) is 0.762. The molecular formula is C13H12O5. The van der Waals surface area contributed by atoms with Crippen molar-refractivity contribution >= 4 is 11.0 Å². The van der Waals surface area contributed by atoms with E-state index in [-0.39, 0.29) is 13.2 Å². The molecule has 94 valence electrons. The highest BCUT2D eigenvalue weighted by atomic mass is 16.6. The number of fused-ring (bicyclic) bond motifs is 3. The molecule has 1 aromatic heterocycles. The van der Waals surface area contributed by atoms with Crippen LogP contribution in [0.5, 0.6) is 11.5 Å². The summed E-state index contributed by atoms with van der Waals surface area (Å²) in [4.78, 5) is 11.4. The Morgan fingerprint density at radius 3 is 3.06 bits per heavy atom. The number of aliphatic hydroxyl groups excluding tert-OH is 1. The molecule has 2 heterocycles. The lowest BCUT2D eigenvalue weighted by Gasteiger charge is -2.25. The van der Waals surface area contributed by atoms with Crippen LogP contribution in [-0.4, -0.2) is 24.4 Å². The van der Waals surface area contributed by atoms with Crippen molar-refractivity contribution in [2.45, 2.75) is 13.0 Å². The molecule has 1 aliphatic heterocycles. The Hall–Kier alpha value is -2.01. The van der Waals surface area contributed by atoms with Gasteiger partial charge in [0.25, 0.3) is 0 Å². The van der Waals surface area contributed by atoms with E-state index in [1.54, 1.807) is 6.07 Å². The first kappa shape index (κ1) is 11.1. The Morgan fingerprint density at radius 1 is 1.44 bits per heavy atom. The second-order valence-corrected chi connectivity index (χ2v) is 4.25. The van der Waals surface area contributed by atoms with Crippen molar-refractivity contribution in [2.24, 2.45) is 0 Å². The largest absolute Gasteiger partial charge is 0.486 e. The van der Waals surface area contributed by atoms with Gasteiger partial charge in [0.05, 0.1) is 6.61 Å². The minimum atomic E-state index is -0.436. The first-order chi connectivity index (χ1) is 8.69. The van der Waals surface area contributed by atoms with Gasteiger partial charge in [-0.15, -0.1) is 0 Å². The third kappa shape index (κ3) is 1.64. The van der Waals surface area contributed by atoms with Gasteiger partial charge in [0.2, 0.25) is 5.75 Å². The smallest absolute Gasteiger partial charge is 0.336 e. The molecule has 0 saturated heterocycles. The molecule has 0 bridgehead atoms. The Morgan fingerprint density at radius 2 is 2.28 bits per heavy atom. The predicted molar refractivity (Wildman–Crippen MR) is 64.2 cm³/mol. The van der Waals surface area contributed by atoms with Crippen LogP contribution >= 0.6 is 0 Å². The van der Waals surface area contributed by atoms with Crippen molar-refractivity contribution < 1.29 is 19.0 Å². The molecule has 5 nitrogen and oxygen atoms in total. The molecule has 3 rings (SSSR count). The highest BCUT2D eigenvalue weighted by molar-refractivity contribution is 5.87. The lowest BCUT2D eigenvalue weighted by atomic mass is 10.1. The van der Waals surface area contributed by atoms with Crippen LogP contribution in [0.1, 0.15) is 5.56 Å². The molecule has 0 amide bonds. The summed E-state index contributed by atoms with van der Waals surface area (Å²) < 4.78 is 16.3.